The minimum absolute atomic E-state index is 0.110. The van der Waals surface area contributed by atoms with Crippen LogP contribution in [0.4, 0.5) is 18.4 Å². The van der Waals surface area contributed by atoms with Gasteiger partial charge in [-0.2, -0.15) is 5.26 Å². The number of carbonyl (C=O) groups excluding carboxylic acids is 2. The number of rotatable bonds is 6. The van der Waals surface area contributed by atoms with Gasteiger partial charge in [-0.25, -0.2) is 23.3 Å². The molecule has 1 unspecified atom stereocenters. The summed E-state index contributed by atoms with van der Waals surface area (Å²) >= 11 is 0. The van der Waals surface area contributed by atoms with Gasteiger partial charge in [0.05, 0.1) is 11.6 Å². The standard InChI is InChI=1S/C25H26F2N4O3/c26-21-7-6-18(14-22(21)27)23-16-34-25(33)31(23)24(32)29-10-3-11-30-12-8-17(9-13-30)20-5-2-1-4-19(20)15-28/h1-2,4-7,14,17,23H,3,8-13,16H2,(H,29,32). The SMILES string of the molecule is N#Cc1ccccc1C1CCN(CCCNC(=O)N2C(=O)OCC2c2ccc(F)c(F)c2)CC1. The summed E-state index contributed by atoms with van der Waals surface area (Å²) in [6.07, 6.45) is 1.83. The van der Waals surface area contributed by atoms with Gasteiger partial charge in [-0.3, -0.25) is 0 Å². The molecule has 2 aromatic rings. The molecule has 0 aromatic heterocycles. The van der Waals surface area contributed by atoms with E-state index in [2.05, 4.69) is 16.3 Å². The summed E-state index contributed by atoms with van der Waals surface area (Å²) in [6.45, 7) is 2.87. The zero-order chi connectivity index (χ0) is 24.1. The quantitative estimate of drug-likeness (QED) is 0.639. The van der Waals surface area contributed by atoms with Gasteiger partial charge in [-0.15, -0.1) is 0 Å². The van der Waals surface area contributed by atoms with Crippen LogP contribution in [-0.2, 0) is 4.74 Å². The molecule has 2 aromatic carbocycles. The molecule has 0 saturated carbocycles. The molecule has 34 heavy (non-hydrogen) atoms. The Morgan fingerprint density at radius 2 is 1.91 bits per heavy atom. The molecule has 3 amide bonds. The van der Waals surface area contributed by atoms with Crippen molar-refractivity contribution >= 4 is 12.1 Å². The van der Waals surface area contributed by atoms with Gasteiger partial charge in [0.25, 0.3) is 0 Å². The van der Waals surface area contributed by atoms with Crippen LogP contribution in [0.15, 0.2) is 42.5 Å². The molecule has 0 bridgehead atoms. The van der Waals surface area contributed by atoms with E-state index in [4.69, 9.17) is 4.74 Å². The maximum Gasteiger partial charge on any atom is 0.418 e. The van der Waals surface area contributed by atoms with Gasteiger partial charge in [-0.05, 0) is 74.1 Å². The van der Waals surface area contributed by atoms with Gasteiger partial charge in [0.15, 0.2) is 11.6 Å². The van der Waals surface area contributed by atoms with E-state index in [-0.39, 0.29) is 6.61 Å². The van der Waals surface area contributed by atoms with Crippen molar-refractivity contribution in [1.29, 1.82) is 5.26 Å². The van der Waals surface area contributed by atoms with Crippen LogP contribution in [0.3, 0.4) is 0 Å². The van der Waals surface area contributed by atoms with Gasteiger partial charge >= 0.3 is 12.1 Å². The zero-order valence-electron chi connectivity index (χ0n) is 18.7. The van der Waals surface area contributed by atoms with E-state index in [1.807, 2.05) is 24.3 Å². The highest BCUT2D eigenvalue weighted by atomic mass is 19.2. The molecule has 2 heterocycles. The molecule has 2 aliphatic rings. The largest absolute Gasteiger partial charge is 0.446 e. The first-order valence-corrected chi connectivity index (χ1v) is 11.4. The fraction of sp³-hybridized carbons (Fsp3) is 0.400. The smallest absolute Gasteiger partial charge is 0.418 e. The molecule has 178 valence electrons. The molecule has 0 radical (unpaired) electrons. The van der Waals surface area contributed by atoms with Crippen molar-refractivity contribution in [2.45, 2.75) is 31.2 Å². The Balaban J connectivity index is 1.23. The number of ether oxygens (including phenoxy) is 1. The summed E-state index contributed by atoms with van der Waals surface area (Å²) in [6, 6.07) is 11.9. The molecule has 0 spiro atoms. The van der Waals surface area contributed by atoms with E-state index >= 15 is 0 Å². The van der Waals surface area contributed by atoms with E-state index in [1.54, 1.807) is 0 Å². The molecule has 4 rings (SSSR count). The lowest BCUT2D eigenvalue weighted by atomic mass is 9.87. The Morgan fingerprint density at radius 1 is 1.15 bits per heavy atom. The fourth-order valence-electron chi connectivity index (χ4n) is 4.62. The lowest BCUT2D eigenvalue weighted by Crippen LogP contribution is -2.43. The number of nitrogens with one attached hydrogen (secondary N) is 1. The van der Waals surface area contributed by atoms with E-state index in [0.717, 1.165) is 60.6 Å². The third-order valence-electron chi connectivity index (χ3n) is 6.46. The van der Waals surface area contributed by atoms with Gasteiger partial charge in [-0.1, -0.05) is 24.3 Å². The number of hydrogen-bond donors (Lipinski definition) is 1. The van der Waals surface area contributed by atoms with Crippen molar-refractivity contribution in [3.05, 3.63) is 70.8 Å². The van der Waals surface area contributed by atoms with Crippen LogP contribution >= 0.6 is 0 Å². The molecule has 2 fully saturated rings. The molecule has 9 heteroatoms. The zero-order valence-corrected chi connectivity index (χ0v) is 18.7. The average molecular weight is 469 g/mol. The number of halogens is 2. The summed E-state index contributed by atoms with van der Waals surface area (Å²) in [5, 5.41) is 12.1. The van der Waals surface area contributed by atoms with Gasteiger partial charge in [0.2, 0.25) is 0 Å². The van der Waals surface area contributed by atoms with Crippen LogP contribution < -0.4 is 5.32 Å². The van der Waals surface area contributed by atoms with E-state index in [1.165, 1.54) is 6.07 Å². The van der Waals surface area contributed by atoms with Gasteiger partial charge in [0.1, 0.15) is 12.6 Å². The van der Waals surface area contributed by atoms with Crippen molar-refractivity contribution in [2.24, 2.45) is 0 Å². The molecule has 2 aliphatic heterocycles. The number of benzene rings is 2. The topological polar surface area (TPSA) is 85.7 Å². The Morgan fingerprint density at radius 3 is 2.65 bits per heavy atom. The number of likely N-dealkylation sites (tertiary alicyclic amines) is 1. The molecule has 2 saturated heterocycles. The first-order valence-electron chi connectivity index (χ1n) is 11.4. The molecule has 1 atom stereocenters. The molecular formula is C25H26F2N4O3. The van der Waals surface area contributed by atoms with Gasteiger partial charge < -0.3 is 15.0 Å². The Hall–Kier alpha value is -3.51. The number of nitriles is 1. The summed E-state index contributed by atoms with van der Waals surface area (Å²) in [5.74, 6) is -1.67. The van der Waals surface area contributed by atoms with Crippen molar-refractivity contribution in [2.75, 3.05) is 32.8 Å². The molecular weight excluding hydrogens is 442 g/mol. The fourth-order valence-corrected chi connectivity index (χ4v) is 4.62. The summed E-state index contributed by atoms with van der Waals surface area (Å²) in [5.41, 5.74) is 2.15. The number of imide groups is 1. The summed E-state index contributed by atoms with van der Waals surface area (Å²) in [4.78, 5) is 27.9. The molecule has 1 N–H and O–H groups in total. The maximum absolute atomic E-state index is 13.6. The van der Waals surface area contributed by atoms with Gasteiger partial charge in [0, 0.05) is 6.54 Å². The first kappa shape index (κ1) is 23.6. The van der Waals surface area contributed by atoms with E-state index in [9.17, 15) is 23.6 Å². The van der Waals surface area contributed by atoms with Crippen LogP contribution in [-0.4, -0.2) is 54.7 Å². The Bertz CT molecular complexity index is 1100. The Labute approximate surface area is 196 Å². The summed E-state index contributed by atoms with van der Waals surface area (Å²) in [7, 11) is 0. The monoisotopic (exact) mass is 468 g/mol. The first-order chi connectivity index (χ1) is 16.5. The van der Waals surface area contributed by atoms with Crippen molar-refractivity contribution < 1.29 is 23.1 Å². The number of nitrogens with zero attached hydrogens (tertiary/aromatic N) is 3. The lowest BCUT2D eigenvalue weighted by Gasteiger charge is -2.32. The van der Waals surface area contributed by atoms with Crippen LogP contribution in [0, 0.1) is 23.0 Å². The lowest BCUT2D eigenvalue weighted by molar-refractivity contribution is 0.157. The van der Waals surface area contributed by atoms with Crippen molar-refractivity contribution in [1.82, 2.24) is 15.1 Å². The highest BCUT2D eigenvalue weighted by molar-refractivity contribution is 5.92. The highest BCUT2D eigenvalue weighted by Crippen LogP contribution is 2.30. The number of amides is 3. The minimum atomic E-state index is -1.04. The van der Waals surface area contributed by atoms with E-state index in [0.29, 0.717) is 24.4 Å². The normalized spacial score (nSPS) is 19.0. The second-order valence-electron chi connectivity index (χ2n) is 8.54. The van der Waals surface area contributed by atoms with Crippen molar-refractivity contribution in [3.63, 3.8) is 0 Å². The van der Waals surface area contributed by atoms with Crippen LogP contribution in [0.25, 0.3) is 0 Å². The number of hydrogen-bond acceptors (Lipinski definition) is 5. The molecule has 7 nitrogen and oxygen atoms in total. The number of carbonyl (C=O) groups is 2. The highest BCUT2D eigenvalue weighted by Gasteiger charge is 2.39. The average Bonchev–Trinajstić information content (AvgIpc) is 3.25. The summed E-state index contributed by atoms with van der Waals surface area (Å²) < 4.78 is 31.8. The van der Waals surface area contributed by atoms with Crippen LogP contribution in [0.5, 0.6) is 0 Å². The second-order valence-corrected chi connectivity index (χ2v) is 8.54. The van der Waals surface area contributed by atoms with Crippen LogP contribution in [0.1, 0.15) is 47.9 Å². The number of cyclic esters (lactones) is 1. The predicted octanol–water partition coefficient (Wildman–Crippen LogP) is 4.31. The third kappa shape index (κ3) is 5.18. The minimum Gasteiger partial charge on any atom is -0.446 e. The van der Waals surface area contributed by atoms with Crippen LogP contribution in [0.2, 0.25) is 0 Å². The Kier molecular flexibility index (Phi) is 7.38. The predicted molar refractivity (Wildman–Crippen MR) is 120 cm³/mol. The van der Waals surface area contributed by atoms with Crippen molar-refractivity contribution in [3.8, 4) is 6.07 Å². The molecule has 0 aliphatic carbocycles. The number of piperidine rings is 1. The maximum atomic E-state index is 13.6. The second kappa shape index (κ2) is 10.6. The number of urea groups is 1. The van der Waals surface area contributed by atoms with E-state index < -0.39 is 29.8 Å². The third-order valence-corrected chi connectivity index (χ3v) is 6.46.